The number of piperidine rings is 1. The van der Waals surface area contributed by atoms with E-state index in [0.717, 1.165) is 12.8 Å². The number of nitrogens with zero attached hydrogens (tertiary/aromatic N) is 1. The number of amides is 2. The van der Waals surface area contributed by atoms with E-state index in [-0.39, 0.29) is 29.7 Å². The molecular weight excluding hydrogens is 272 g/mol. The summed E-state index contributed by atoms with van der Waals surface area (Å²) >= 11 is 0. The number of carbonyl (C=O) groups is 3. The minimum atomic E-state index is -0.514. The Hall–Kier alpha value is -1.59. The Morgan fingerprint density at radius 3 is 2.52 bits per heavy atom. The molecule has 0 aromatic carbocycles. The highest BCUT2D eigenvalue weighted by molar-refractivity contribution is 5.96. The summed E-state index contributed by atoms with van der Waals surface area (Å²) in [6.07, 6.45) is 2.07. The van der Waals surface area contributed by atoms with Crippen LogP contribution in [0, 0.1) is 5.92 Å². The molecule has 1 unspecified atom stereocenters. The minimum absolute atomic E-state index is 0.0468. The summed E-state index contributed by atoms with van der Waals surface area (Å²) in [5, 5.41) is 2.95. The number of carbonyl (C=O) groups excluding carboxylic acids is 3. The highest BCUT2D eigenvalue weighted by Gasteiger charge is 2.35. The third kappa shape index (κ3) is 4.44. The van der Waals surface area contributed by atoms with E-state index in [1.165, 1.54) is 0 Å². The number of likely N-dealkylation sites (tertiary alicyclic amines) is 1. The largest absolute Gasteiger partial charge is 0.444 e. The zero-order valence-electron chi connectivity index (χ0n) is 13.0. The molecule has 1 saturated heterocycles. The molecule has 2 fully saturated rings. The fourth-order valence-corrected chi connectivity index (χ4v) is 2.58. The molecule has 0 bridgehead atoms. The molecule has 0 aromatic heterocycles. The van der Waals surface area contributed by atoms with Gasteiger partial charge in [-0.2, -0.15) is 0 Å². The first kappa shape index (κ1) is 15.8. The van der Waals surface area contributed by atoms with Gasteiger partial charge in [-0.25, -0.2) is 4.79 Å². The summed E-state index contributed by atoms with van der Waals surface area (Å²) < 4.78 is 5.35. The summed E-state index contributed by atoms with van der Waals surface area (Å²) in [6, 6.07) is -0.0468. The zero-order chi connectivity index (χ0) is 15.6. The van der Waals surface area contributed by atoms with Gasteiger partial charge in [0.2, 0.25) is 5.91 Å². The fourth-order valence-electron chi connectivity index (χ4n) is 2.58. The molecular formula is C15H24N2O4. The van der Waals surface area contributed by atoms with Crippen LogP contribution in [0.15, 0.2) is 0 Å². The van der Waals surface area contributed by atoms with E-state index in [2.05, 4.69) is 5.32 Å². The fraction of sp³-hybridized carbons (Fsp3) is 0.800. The second-order valence-corrected chi connectivity index (χ2v) is 6.92. The van der Waals surface area contributed by atoms with Crippen molar-refractivity contribution >= 4 is 17.8 Å². The van der Waals surface area contributed by atoms with Crippen molar-refractivity contribution in [2.75, 3.05) is 13.1 Å². The number of ketones is 1. The van der Waals surface area contributed by atoms with Gasteiger partial charge in [0.25, 0.3) is 0 Å². The first-order valence-corrected chi connectivity index (χ1v) is 7.54. The van der Waals surface area contributed by atoms with Crippen LogP contribution in [-0.4, -0.2) is 47.4 Å². The second kappa shape index (κ2) is 6.03. The molecule has 6 nitrogen and oxygen atoms in total. The monoisotopic (exact) mass is 296 g/mol. The topological polar surface area (TPSA) is 75.7 Å². The van der Waals surface area contributed by atoms with Crippen LogP contribution < -0.4 is 5.32 Å². The van der Waals surface area contributed by atoms with E-state index in [4.69, 9.17) is 4.74 Å². The molecule has 0 aromatic rings. The summed E-state index contributed by atoms with van der Waals surface area (Å²) in [7, 11) is 0. The number of hydrogen-bond acceptors (Lipinski definition) is 4. The molecule has 1 heterocycles. The molecule has 0 radical (unpaired) electrons. The Labute approximate surface area is 125 Å². The van der Waals surface area contributed by atoms with Crippen LogP contribution in [0.5, 0.6) is 0 Å². The highest BCUT2D eigenvalue weighted by atomic mass is 16.6. The van der Waals surface area contributed by atoms with Crippen molar-refractivity contribution in [1.29, 1.82) is 0 Å². The van der Waals surface area contributed by atoms with Gasteiger partial charge in [-0.3, -0.25) is 9.59 Å². The third-order valence-corrected chi connectivity index (χ3v) is 3.74. The molecule has 21 heavy (non-hydrogen) atoms. The summed E-state index contributed by atoms with van der Waals surface area (Å²) in [5.74, 6) is -0.0887. The van der Waals surface area contributed by atoms with Gasteiger partial charge in [-0.05, 0) is 33.6 Å². The average molecular weight is 296 g/mol. The molecule has 2 rings (SSSR count). The summed E-state index contributed by atoms with van der Waals surface area (Å²) in [6.45, 7) is 6.63. The number of rotatable bonds is 2. The van der Waals surface area contributed by atoms with Gasteiger partial charge in [-0.1, -0.05) is 0 Å². The van der Waals surface area contributed by atoms with Crippen LogP contribution in [0.25, 0.3) is 0 Å². The zero-order valence-corrected chi connectivity index (χ0v) is 13.0. The smallest absolute Gasteiger partial charge is 0.410 e. The summed E-state index contributed by atoms with van der Waals surface area (Å²) in [5.41, 5.74) is -0.514. The van der Waals surface area contributed by atoms with Gasteiger partial charge in [0, 0.05) is 32.0 Å². The maximum Gasteiger partial charge on any atom is 0.410 e. The van der Waals surface area contributed by atoms with E-state index in [1.54, 1.807) is 4.90 Å². The van der Waals surface area contributed by atoms with Crippen molar-refractivity contribution in [1.82, 2.24) is 10.2 Å². The molecule has 1 atom stereocenters. The number of hydrogen-bond donors (Lipinski definition) is 1. The Morgan fingerprint density at radius 1 is 1.29 bits per heavy atom. The molecule has 0 spiro atoms. The predicted octanol–water partition coefficient (Wildman–Crippen LogP) is 1.48. The van der Waals surface area contributed by atoms with Crippen LogP contribution >= 0.6 is 0 Å². The van der Waals surface area contributed by atoms with Gasteiger partial charge in [-0.15, -0.1) is 0 Å². The van der Waals surface area contributed by atoms with E-state index in [9.17, 15) is 14.4 Å². The number of nitrogens with one attached hydrogen (secondary N) is 1. The van der Waals surface area contributed by atoms with Gasteiger partial charge in [0.1, 0.15) is 11.4 Å². The molecule has 6 heteroatoms. The van der Waals surface area contributed by atoms with E-state index >= 15 is 0 Å². The van der Waals surface area contributed by atoms with Crippen molar-refractivity contribution in [3.05, 3.63) is 0 Å². The summed E-state index contributed by atoms with van der Waals surface area (Å²) in [4.78, 5) is 36.6. The lowest BCUT2D eigenvalue weighted by Crippen LogP contribution is -2.52. The van der Waals surface area contributed by atoms with Crippen molar-refractivity contribution < 1.29 is 19.1 Å². The van der Waals surface area contributed by atoms with Crippen LogP contribution in [0.2, 0.25) is 0 Å². The lowest BCUT2D eigenvalue weighted by Gasteiger charge is -2.35. The second-order valence-electron chi connectivity index (χ2n) is 6.92. The molecule has 1 aliphatic heterocycles. The molecule has 1 N–H and O–H groups in total. The standard InChI is InChI=1S/C15H24N2O4/c1-15(2,3)21-14(20)17-6-4-5-11(9-17)16-13(19)10-7-12(18)8-10/h10-11H,4-9H2,1-3H3,(H,16,19). The van der Waals surface area contributed by atoms with E-state index in [0.29, 0.717) is 25.9 Å². The van der Waals surface area contributed by atoms with Crippen molar-refractivity contribution in [2.24, 2.45) is 5.92 Å². The highest BCUT2D eigenvalue weighted by Crippen LogP contribution is 2.23. The van der Waals surface area contributed by atoms with Gasteiger partial charge < -0.3 is 15.0 Å². The van der Waals surface area contributed by atoms with Crippen LogP contribution in [0.4, 0.5) is 4.79 Å². The lowest BCUT2D eigenvalue weighted by molar-refractivity contribution is -0.138. The van der Waals surface area contributed by atoms with Crippen LogP contribution in [0.3, 0.4) is 0 Å². The van der Waals surface area contributed by atoms with E-state index < -0.39 is 5.60 Å². The Kier molecular flexibility index (Phi) is 4.54. The third-order valence-electron chi connectivity index (χ3n) is 3.74. The molecule has 1 saturated carbocycles. The SMILES string of the molecule is CC(C)(C)OC(=O)N1CCCC(NC(=O)C2CC(=O)C2)C1. The number of Topliss-reactive ketones (excluding diaryl/α,β-unsaturated/α-hetero) is 1. The Morgan fingerprint density at radius 2 is 1.95 bits per heavy atom. The van der Waals surface area contributed by atoms with Gasteiger partial charge in [0.15, 0.2) is 0 Å². The Bertz CT molecular complexity index is 433. The van der Waals surface area contributed by atoms with Crippen LogP contribution in [0.1, 0.15) is 46.5 Å². The molecule has 2 amide bonds. The quantitative estimate of drug-likeness (QED) is 0.837. The average Bonchev–Trinajstić information content (AvgIpc) is 2.33. The first-order chi connectivity index (χ1) is 9.74. The van der Waals surface area contributed by atoms with E-state index in [1.807, 2.05) is 20.8 Å². The van der Waals surface area contributed by atoms with Crippen molar-refractivity contribution in [2.45, 2.75) is 58.1 Å². The van der Waals surface area contributed by atoms with Gasteiger partial charge in [0.05, 0.1) is 5.92 Å². The number of ether oxygens (including phenoxy) is 1. The molecule has 118 valence electrons. The normalized spacial score (nSPS) is 23.5. The Balaban J connectivity index is 1.81. The lowest BCUT2D eigenvalue weighted by atomic mass is 9.83. The molecule has 2 aliphatic rings. The van der Waals surface area contributed by atoms with Crippen LogP contribution in [-0.2, 0) is 14.3 Å². The first-order valence-electron chi connectivity index (χ1n) is 7.54. The van der Waals surface area contributed by atoms with Crippen molar-refractivity contribution in [3.63, 3.8) is 0 Å². The van der Waals surface area contributed by atoms with Crippen molar-refractivity contribution in [3.8, 4) is 0 Å². The predicted molar refractivity (Wildman–Crippen MR) is 76.7 cm³/mol. The maximum atomic E-state index is 12.0. The minimum Gasteiger partial charge on any atom is -0.444 e. The van der Waals surface area contributed by atoms with Gasteiger partial charge >= 0.3 is 6.09 Å². The maximum absolute atomic E-state index is 12.0. The molecule has 1 aliphatic carbocycles.